The van der Waals surface area contributed by atoms with E-state index in [0.29, 0.717) is 0 Å². The molecule has 0 saturated heterocycles. The van der Waals surface area contributed by atoms with E-state index >= 15 is 0 Å². The summed E-state index contributed by atoms with van der Waals surface area (Å²) in [6, 6.07) is 6.25. The van der Waals surface area contributed by atoms with Gasteiger partial charge in [0.15, 0.2) is 5.82 Å². The van der Waals surface area contributed by atoms with E-state index in [0.717, 1.165) is 22.0 Å². The van der Waals surface area contributed by atoms with Crippen molar-refractivity contribution in [3.8, 4) is 11.4 Å². The van der Waals surface area contributed by atoms with Crippen molar-refractivity contribution in [2.75, 3.05) is 0 Å². The van der Waals surface area contributed by atoms with E-state index < -0.39 is 0 Å². The first-order valence-electron chi connectivity index (χ1n) is 6.84. The number of hydrogen-bond acceptors (Lipinski definition) is 5. The van der Waals surface area contributed by atoms with Crippen molar-refractivity contribution in [3.05, 3.63) is 53.0 Å². The highest BCUT2D eigenvalue weighted by atomic mass is 32.2. The third kappa shape index (κ3) is 2.80. The fourth-order valence-electron chi connectivity index (χ4n) is 2.65. The van der Waals surface area contributed by atoms with Crippen LogP contribution in [0.2, 0.25) is 0 Å². The minimum atomic E-state index is -0.0961. The third-order valence-electron chi connectivity index (χ3n) is 3.44. The van der Waals surface area contributed by atoms with Crippen molar-refractivity contribution < 1.29 is 0 Å². The molecule has 0 bridgehead atoms. The van der Waals surface area contributed by atoms with Gasteiger partial charge in [0.1, 0.15) is 5.50 Å². The Labute approximate surface area is 128 Å². The predicted octanol–water partition coefficient (Wildman–Crippen LogP) is 2.95. The van der Waals surface area contributed by atoms with Gasteiger partial charge in [-0.25, -0.2) is 9.97 Å². The highest BCUT2D eigenvalue weighted by Gasteiger charge is 2.17. The van der Waals surface area contributed by atoms with Gasteiger partial charge in [-0.3, -0.25) is 0 Å². The molecule has 108 valence electrons. The molecular formula is C16H18N4S. The average molecular weight is 298 g/mol. The van der Waals surface area contributed by atoms with E-state index in [9.17, 15) is 0 Å². The van der Waals surface area contributed by atoms with Gasteiger partial charge in [-0.1, -0.05) is 29.5 Å². The van der Waals surface area contributed by atoms with Crippen LogP contribution in [0.5, 0.6) is 0 Å². The monoisotopic (exact) mass is 298 g/mol. The molecule has 0 radical (unpaired) electrons. The molecule has 1 aromatic heterocycles. The topological polar surface area (TPSA) is 63.8 Å². The van der Waals surface area contributed by atoms with Gasteiger partial charge in [0.05, 0.1) is 10.6 Å². The number of aryl methyl sites for hydroxylation is 3. The molecule has 2 heterocycles. The molecule has 2 aromatic rings. The molecule has 0 aliphatic carbocycles. The lowest BCUT2D eigenvalue weighted by molar-refractivity contribution is 0.837. The van der Waals surface area contributed by atoms with Crippen molar-refractivity contribution >= 4 is 16.7 Å². The molecule has 0 amide bonds. The number of nitrogens with one attached hydrogen (secondary N) is 1. The zero-order valence-electron chi connectivity index (χ0n) is 12.3. The zero-order valence-corrected chi connectivity index (χ0v) is 13.2. The number of thioether (sulfide) groups is 1. The lowest BCUT2D eigenvalue weighted by atomic mass is 9.99. The van der Waals surface area contributed by atoms with Crippen LogP contribution in [-0.2, 0) is 0 Å². The maximum atomic E-state index is 5.83. The van der Waals surface area contributed by atoms with Crippen LogP contribution in [-0.4, -0.2) is 15.5 Å². The van der Waals surface area contributed by atoms with E-state index in [1.165, 1.54) is 16.7 Å². The molecule has 1 atom stereocenters. The molecule has 1 aromatic carbocycles. The Balaban J connectivity index is 2.05. The van der Waals surface area contributed by atoms with Gasteiger partial charge in [0, 0.05) is 18.0 Å². The zero-order chi connectivity index (χ0) is 15.0. The Morgan fingerprint density at radius 1 is 1.19 bits per heavy atom. The van der Waals surface area contributed by atoms with Crippen molar-refractivity contribution in [1.29, 1.82) is 0 Å². The van der Waals surface area contributed by atoms with E-state index in [4.69, 9.17) is 10.7 Å². The van der Waals surface area contributed by atoms with Crippen LogP contribution >= 0.6 is 11.8 Å². The van der Waals surface area contributed by atoms with Crippen molar-refractivity contribution in [2.24, 2.45) is 5.73 Å². The van der Waals surface area contributed by atoms with Crippen molar-refractivity contribution in [2.45, 2.75) is 26.3 Å². The van der Waals surface area contributed by atoms with E-state index in [2.05, 4.69) is 43.2 Å². The quantitative estimate of drug-likeness (QED) is 0.892. The molecule has 21 heavy (non-hydrogen) atoms. The average Bonchev–Trinajstić information content (AvgIpc) is 2.85. The summed E-state index contributed by atoms with van der Waals surface area (Å²) in [4.78, 5) is 10.2. The van der Waals surface area contributed by atoms with Gasteiger partial charge in [0.2, 0.25) is 0 Å². The van der Waals surface area contributed by atoms with Gasteiger partial charge in [-0.15, -0.1) is 0 Å². The maximum Gasteiger partial charge on any atom is 0.160 e. The lowest BCUT2D eigenvalue weighted by Crippen LogP contribution is -2.25. The summed E-state index contributed by atoms with van der Waals surface area (Å²) in [6.45, 7) is 6.31. The van der Waals surface area contributed by atoms with E-state index in [-0.39, 0.29) is 5.50 Å². The highest BCUT2D eigenvalue weighted by Crippen LogP contribution is 2.32. The molecule has 1 unspecified atom stereocenters. The number of aromatic nitrogens is 2. The molecule has 3 rings (SSSR count). The Morgan fingerprint density at radius 2 is 1.90 bits per heavy atom. The largest absolute Gasteiger partial charge is 0.366 e. The van der Waals surface area contributed by atoms with Crippen LogP contribution in [0.1, 0.15) is 22.4 Å². The number of rotatable bonds is 2. The van der Waals surface area contributed by atoms with Gasteiger partial charge in [-0.2, -0.15) is 0 Å². The van der Waals surface area contributed by atoms with Gasteiger partial charge in [0.25, 0.3) is 0 Å². The van der Waals surface area contributed by atoms with E-state index in [1.54, 1.807) is 11.8 Å². The highest BCUT2D eigenvalue weighted by molar-refractivity contribution is 8.09. The maximum absolute atomic E-state index is 5.83. The molecular weight excluding hydrogens is 280 g/mol. The minimum Gasteiger partial charge on any atom is -0.366 e. The van der Waals surface area contributed by atoms with Crippen molar-refractivity contribution in [3.63, 3.8) is 0 Å². The molecule has 5 heteroatoms. The first kappa shape index (κ1) is 14.1. The van der Waals surface area contributed by atoms with Gasteiger partial charge < -0.3 is 11.1 Å². The first-order chi connectivity index (χ1) is 10.0. The molecule has 1 aliphatic rings. The Bertz CT molecular complexity index is 701. The summed E-state index contributed by atoms with van der Waals surface area (Å²) < 4.78 is 0. The summed E-state index contributed by atoms with van der Waals surface area (Å²) in [5.74, 6) is 0.768. The summed E-state index contributed by atoms with van der Waals surface area (Å²) in [5, 5.41) is 3.08. The number of hydrogen-bond donors (Lipinski definition) is 2. The number of nitrogens with zero attached hydrogens (tertiary/aromatic N) is 2. The fraction of sp³-hybridized carbons (Fsp3) is 0.250. The Kier molecular flexibility index (Phi) is 3.69. The summed E-state index contributed by atoms with van der Waals surface area (Å²) in [6.07, 6.45) is 3.72. The van der Waals surface area contributed by atoms with Gasteiger partial charge in [-0.05, 0) is 38.0 Å². The predicted molar refractivity (Wildman–Crippen MR) is 88.4 cm³/mol. The molecule has 1 aliphatic heterocycles. The van der Waals surface area contributed by atoms with Crippen LogP contribution in [0.15, 0.2) is 30.6 Å². The lowest BCUT2D eigenvalue weighted by Gasteiger charge is -2.11. The van der Waals surface area contributed by atoms with Crippen LogP contribution in [0.4, 0.5) is 0 Å². The van der Waals surface area contributed by atoms with Crippen LogP contribution in [0, 0.1) is 20.8 Å². The smallest absolute Gasteiger partial charge is 0.160 e. The van der Waals surface area contributed by atoms with Crippen LogP contribution in [0.3, 0.4) is 0 Å². The second-order valence-corrected chi connectivity index (χ2v) is 6.44. The van der Waals surface area contributed by atoms with Crippen molar-refractivity contribution in [1.82, 2.24) is 15.3 Å². The molecule has 3 N–H and O–H groups in total. The fourth-order valence-corrected chi connectivity index (χ4v) is 3.43. The number of nitrogens with two attached hydrogens (primary N) is 1. The second kappa shape index (κ2) is 5.50. The normalized spacial score (nSPS) is 17.5. The molecule has 4 nitrogen and oxygen atoms in total. The minimum absolute atomic E-state index is 0.0961. The van der Waals surface area contributed by atoms with Crippen LogP contribution in [0.25, 0.3) is 16.3 Å². The Hall–Kier alpha value is -1.85. The molecule has 0 spiro atoms. The summed E-state index contributed by atoms with van der Waals surface area (Å²) in [7, 11) is 0. The standard InChI is InChI=1S/C16H18N4S/c1-9-6-10(2)14(11(3)7-9)15-18-5-4-12(20-15)13-8-19-16(17)21-13/h4-8,16,19H,17H2,1-3H3. The third-order valence-corrected chi connectivity index (χ3v) is 4.41. The summed E-state index contributed by atoms with van der Waals surface area (Å²) in [5.41, 5.74) is 11.4. The van der Waals surface area contributed by atoms with Gasteiger partial charge >= 0.3 is 0 Å². The Morgan fingerprint density at radius 3 is 2.52 bits per heavy atom. The SMILES string of the molecule is Cc1cc(C)c(-c2nccc(C3=CNC(N)S3)n2)c(C)c1. The first-order valence-corrected chi connectivity index (χ1v) is 7.72. The van der Waals surface area contributed by atoms with Crippen LogP contribution < -0.4 is 11.1 Å². The molecule has 0 saturated carbocycles. The second-order valence-electron chi connectivity index (χ2n) is 5.25. The summed E-state index contributed by atoms with van der Waals surface area (Å²) >= 11 is 1.57. The molecule has 0 fully saturated rings. The number of benzene rings is 1. The van der Waals surface area contributed by atoms with E-state index in [1.807, 2.05) is 18.5 Å².